The largest absolute Gasteiger partial charge is 0.310 e. The summed E-state index contributed by atoms with van der Waals surface area (Å²) in [7, 11) is -3.87. The van der Waals surface area contributed by atoms with E-state index in [1.807, 2.05) is 24.3 Å². The molecule has 1 heterocycles. The zero-order chi connectivity index (χ0) is 21.2. The van der Waals surface area contributed by atoms with Gasteiger partial charge in [-0.15, -0.1) is 0 Å². The Morgan fingerprint density at radius 3 is 2.62 bits per heavy atom. The van der Waals surface area contributed by atoms with E-state index < -0.39 is 21.0 Å². The van der Waals surface area contributed by atoms with E-state index in [2.05, 4.69) is 0 Å². The summed E-state index contributed by atoms with van der Waals surface area (Å²) in [6.07, 6.45) is 2.88. The highest BCUT2D eigenvalue weighted by Gasteiger charge is 2.36. The molecule has 0 fully saturated rings. The van der Waals surface area contributed by atoms with Crippen LogP contribution in [0.5, 0.6) is 0 Å². The molecule has 3 rings (SSSR count). The minimum atomic E-state index is -3.87. The molecule has 0 radical (unpaired) electrons. The van der Waals surface area contributed by atoms with E-state index in [1.165, 1.54) is 24.3 Å². The average molecular weight is 417 g/mol. The van der Waals surface area contributed by atoms with E-state index in [0.717, 1.165) is 34.7 Å². The number of benzene rings is 2. The Morgan fingerprint density at radius 1 is 1.24 bits per heavy atom. The van der Waals surface area contributed by atoms with Crippen molar-refractivity contribution in [2.45, 2.75) is 32.2 Å². The number of carbonyl (C=O) groups is 1. The van der Waals surface area contributed by atoms with Crippen molar-refractivity contribution in [1.82, 2.24) is 0 Å². The molecule has 2 aromatic carbocycles. The molecule has 0 N–H and O–H groups in total. The summed E-state index contributed by atoms with van der Waals surface area (Å²) in [6.45, 7) is 2.23. The van der Waals surface area contributed by atoms with Crippen LogP contribution in [0.3, 0.4) is 0 Å². The predicted molar refractivity (Wildman–Crippen MR) is 112 cm³/mol. The van der Waals surface area contributed by atoms with Crippen LogP contribution in [0.15, 0.2) is 48.5 Å². The Kier molecular flexibility index (Phi) is 5.88. The average Bonchev–Trinajstić information content (AvgIpc) is 2.70. The van der Waals surface area contributed by atoms with Gasteiger partial charge in [-0.3, -0.25) is 19.2 Å². The summed E-state index contributed by atoms with van der Waals surface area (Å²) in [4.78, 5) is 25.6. The maximum absolute atomic E-state index is 13.5. The van der Waals surface area contributed by atoms with Crippen molar-refractivity contribution in [2.75, 3.05) is 22.0 Å². The van der Waals surface area contributed by atoms with Crippen LogP contribution < -0.4 is 9.21 Å². The molecule has 8 nitrogen and oxygen atoms in total. The molecule has 1 aliphatic heterocycles. The van der Waals surface area contributed by atoms with E-state index in [-0.39, 0.29) is 23.7 Å². The van der Waals surface area contributed by atoms with Gasteiger partial charge in [-0.25, -0.2) is 8.42 Å². The van der Waals surface area contributed by atoms with Gasteiger partial charge in [0.2, 0.25) is 10.0 Å². The molecule has 9 heteroatoms. The second kappa shape index (κ2) is 8.20. The first-order chi connectivity index (χ1) is 13.7. The first-order valence-electron chi connectivity index (χ1n) is 9.37. The minimum absolute atomic E-state index is 0.104. The third-order valence-corrected chi connectivity index (χ3v) is 6.16. The van der Waals surface area contributed by atoms with Gasteiger partial charge < -0.3 is 4.90 Å². The third kappa shape index (κ3) is 4.24. The van der Waals surface area contributed by atoms with Crippen LogP contribution in [0, 0.1) is 10.1 Å². The number of rotatable bonds is 6. The number of hydrogen-bond acceptors (Lipinski definition) is 5. The Labute approximate surface area is 169 Å². The van der Waals surface area contributed by atoms with E-state index in [9.17, 15) is 23.3 Å². The number of nitro benzene ring substituents is 1. The second-order valence-electron chi connectivity index (χ2n) is 6.98. The molecule has 0 saturated heterocycles. The van der Waals surface area contributed by atoms with Gasteiger partial charge in [-0.1, -0.05) is 31.2 Å². The Balaban J connectivity index is 2.05. The normalized spacial score (nSPS) is 14.8. The van der Waals surface area contributed by atoms with Crippen LogP contribution in [0.1, 0.15) is 25.3 Å². The molecule has 1 aliphatic rings. The van der Waals surface area contributed by atoms with Crippen LogP contribution in [0.2, 0.25) is 0 Å². The summed E-state index contributed by atoms with van der Waals surface area (Å²) >= 11 is 0. The van der Waals surface area contributed by atoms with Gasteiger partial charge in [0.05, 0.1) is 16.9 Å². The smallest absolute Gasteiger partial charge is 0.271 e. The predicted octanol–water partition coefficient (Wildman–Crippen LogP) is 3.12. The van der Waals surface area contributed by atoms with Crippen LogP contribution in [0.4, 0.5) is 17.1 Å². The van der Waals surface area contributed by atoms with Crippen LogP contribution >= 0.6 is 0 Å². The number of fused-ring (bicyclic) bond motifs is 1. The number of anilines is 2. The SMILES string of the molecule is CC[C@H](C(=O)N1CCCc2ccccc21)N(c1cccc([N+](=O)[O-])c1)S(C)(=O)=O. The fourth-order valence-electron chi connectivity index (χ4n) is 3.73. The van der Waals surface area contributed by atoms with Gasteiger partial charge in [-0.05, 0) is 37.0 Å². The zero-order valence-electron chi connectivity index (χ0n) is 16.3. The molecule has 154 valence electrons. The highest BCUT2D eigenvalue weighted by Crippen LogP contribution is 2.31. The fourth-order valence-corrected chi connectivity index (χ4v) is 4.93. The highest BCUT2D eigenvalue weighted by molar-refractivity contribution is 7.92. The first-order valence-corrected chi connectivity index (χ1v) is 11.2. The molecule has 0 aliphatic carbocycles. The molecule has 1 amide bonds. The lowest BCUT2D eigenvalue weighted by Crippen LogP contribution is -2.52. The van der Waals surface area contributed by atoms with Gasteiger partial charge in [0.1, 0.15) is 6.04 Å². The number of aryl methyl sites for hydroxylation is 1. The van der Waals surface area contributed by atoms with Crippen molar-refractivity contribution in [1.29, 1.82) is 0 Å². The van der Waals surface area contributed by atoms with Crippen LogP contribution in [-0.4, -0.2) is 38.1 Å². The van der Waals surface area contributed by atoms with Crippen molar-refractivity contribution < 1.29 is 18.1 Å². The van der Waals surface area contributed by atoms with Crippen molar-refractivity contribution in [2.24, 2.45) is 0 Å². The van der Waals surface area contributed by atoms with Crippen molar-refractivity contribution in [3.63, 3.8) is 0 Å². The summed E-state index contributed by atoms with van der Waals surface area (Å²) < 4.78 is 26.3. The molecular formula is C20H23N3O5S. The number of para-hydroxylation sites is 1. The van der Waals surface area contributed by atoms with E-state index in [0.29, 0.717) is 6.54 Å². The minimum Gasteiger partial charge on any atom is -0.310 e. The number of amides is 1. The highest BCUT2D eigenvalue weighted by atomic mass is 32.2. The van der Waals surface area contributed by atoms with Crippen molar-refractivity contribution in [3.05, 3.63) is 64.2 Å². The summed E-state index contributed by atoms with van der Waals surface area (Å²) in [5.41, 5.74) is 1.70. The maximum atomic E-state index is 13.5. The first kappa shape index (κ1) is 20.8. The molecule has 29 heavy (non-hydrogen) atoms. The molecule has 0 bridgehead atoms. The number of carbonyl (C=O) groups excluding carboxylic acids is 1. The van der Waals surface area contributed by atoms with Crippen LogP contribution in [-0.2, 0) is 21.2 Å². The molecule has 0 unspecified atom stereocenters. The standard InChI is InChI=1S/C20H23N3O5S/c1-3-18(20(24)21-13-7-9-15-8-4-5-12-19(15)21)22(29(2,27)28)16-10-6-11-17(14-16)23(25)26/h4-6,8,10-12,14,18H,3,7,9,13H2,1-2H3/t18-/m1/s1. The van der Waals surface area contributed by atoms with Gasteiger partial charge in [0, 0.05) is 24.4 Å². The monoisotopic (exact) mass is 417 g/mol. The Morgan fingerprint density at radius 2 is 1.97 bits per heavy atom. The Bertz CT molecular complexity index is 1040. The number of non-ortho nitro benzene ring substituents is 1. The van der Waals surface area contributed by atoms with Crippen molar-refractivity contribution in [3.8, 4) is 0 Å². The Hall–Kier alpha value is -2.94. The van der Waals surface area contributed by atoms with E-state index in [4.69, 9.17) is 0 Å². The molecular weight excluding hydrogens is 394 g/mol. The van der Waals surface area contributed by atoms with Gasteiger partial charge >= 0.3 is 0 Å². The second-order valence-corrected chi connectivity index (χ2v) is 8.84. The fraction of sp³-hybridized carbons (Fsp3) is 0.350. The lowest BCUT2D eigenvalue weighted by atomic mass is 10.0. The molecule has 0 spiro atoms. The molecule has 2 aromatic rings. The summed E-state index contributed by atoms with van der Waals surface area (Å²) in [5, 5.41) is 11.1. The molecule has 0 saturated carbocycles. The summed E-state index contributed by atoms with van der Waals surface area (Å²) in [6, 6.07) is 11.9. The number of sulfonamides is 1. The number of hydrogen-bond donors (Lipinski definition) is 0. The topological polar surface area (TPSA) is 101 Å². The van der Waals surface area contributed by atoms with E-state index in [1.54, 1.807) is 11.8 Å². The maximum Gasteiger partial charge on any atom is 0.271 e. The molecule has 1 atom stereocenters. The quantitative estimate of drug-likeness (QED) is 0.531. The lowest BCUT2D eigenvalue weighted by Gasteiger charge is -2.36. The third-order valence-electron chi connectivity index (χ3n) is 4.98. The number of nitrogens with zero attached hydrogens (tertiary/aromatic N) is 3. The zero-order valence-corrected chi connectivity index (χ0v) is 17.1. The summed E-state index contributed by atoms with van der Waals surface area (Å²) in [5.74, 6) is -0.336. The van der Waals surface area contributed by atoms with Crippen molar-refractivity contribution >= 4 is 33.0 Å². The van der Waals surface area contributed by atoms with Crippen LogP contribution in [0.25, 0.3) is 0 Å². The molecule has 0 aromatic heterocycles. The van der Waals surface area contributed by atoms with E-state index >= 15 is 0 Å². The van der Waals surface area contributed by atoms with Gasteiger partial charge in [-0.2, -0.15) is 0 Å². The number of nitro groups is 1. The van der Waals surface area contributed by atoms with Gasteiger partial charge in [0.15, 0.2) is 0 Å². The van der Waals surface area contributed by atoms with Gasteiger partial charge in [0.25, 0.3) is 11.6 Å². The lowest BCUT2D eigenvalue weighted by molar-refractivity contribution is -0.384.